The molecule has 0 unspecified atom stereocenters. The number of nitrogens with zero attached hydrogens (tertiary/aromatic N) is 3. The van der Waals surface area contributed by atoms with Gasteiger partial charge in [-0.1, -0.05) is 74.5 Å². The third-order valence-corrected chi connectivity index (χ3v) is 6.29. The molecule has 2 aromatic carbocycles. The van der Waals surface area contributed by atoms with Crippen molar-refractivity contribution in [2.75, 3.05) is 11.1 Å². The highest BCUT2D eigenvalue weighted by molar-refractivity contribution is 7.99. The summed E-state index contributed by atoms with van der Waals surface area (Å²) in [5.74, 6) is 0.206. The molecule has 2 aromatic heterocycles. The van der Waals surface area contributed by atoms with Crippen molar-refractivity contribution in [3.63, 3.8) is 0 Å². The SMILES string of the molecule is Cc1nn2c(SCC(=O)Nc3ccccc3)cc(C(C)(C)C)nc2c1-c1ccc(Cl)cc1. The van der Waals surface area contributed by atoms with E-state index in [1.54, 1.807) is 0 Å². The zero-order chi connectivity index (χ0) is 22.9. The van der Waals surface area contributed by atoms with Gasteiger partial charge in [-0.15, -0.1) is 0 Å². The molecule has 4 aromatic rings. The fourth-order valence-electron chi connectivity index (χ4n) is 3.40. The molecule has 0 saturated heterocycles. The van der Waals surface area contributed by atoms with Crippen molar-refractivity contribution >= 4 is 40.6 Å². The largest absolute Gasteiger partial charge is 0.325 e. The second-order valence-electron chi connectivity index (χ2n) is 8.64. The first-order valence-corrected chi connectivity index (χ1v) is 11.7. The van der Waals surface area contributed by atoms with Gasteiger partial charge in [-0.05, 0) is 42.8 Å². The van der Waals surface area contributed by atoms with Gasteiger partial charge in [0.2, 0.25) is 5.91 Å². The van der Waals surface area contributed by atoms with E-state index in [9.17, 15) is 4.79 Å². The normalized spacial score (nSPS) is 11.7. The van der Waals surface area contributed by atoms with Gasteiger partial charge in [-0.25, -0.2) is 9.50 Å². The van der Waals surface area contributed by atoms with E-state index in [1.165, 1.54) is 11.8 Å². The fourth-order valence-corrected chi connectivity index (χ4v) is 4.32. The highest BCUT2D eigenvalue weighted by Gasteiger charge is 2.22. The van der Waals surface area contributed by atoms with Crippen molar-refractivity contribution in [3.05, 3.63) is 77.1 Å². The Morgan fingerprint density at radius 3 is 2.44 bits per heavy atom. The summed E-state index contributed by atoms with van der Waals surface area (Å²) in [4.78, 5) is 17.5. The molecule has 0 aliphatic rings. The molecule has 0 saturated carbocycles. The van der Waals surface area contributed by atoms with Crippen LogP contribution in [-0.4, -0.2) is 26.3 Å². The van der Waals surface area contributed by atoms with Crippen molar-refractivity contribution in [1.82, 2.24) is 14.6 Å². The standard InChI is InChI=1S/C25H25ClN4OS/c1-16-23(17-10-12-18(26)13-11-17)24-28-20(25(2,3)4)14-22(30(24)29-16)32-15-21(31)27-19-8-6-5-7-9-19/h5-14H,15H2,1-4H3,(H,27,31). The number of carbonyl (C=O) groups is 1. The third-order valence-electron chi connectivity index (χ3n) is 5.04. The van der Waals surface area contributed by atoms with Crippen molar-refractivity contribution < 1.29 is 4.79 Å². The van der Waals surface area contributed by atoms with Gasteiger partial charge in [0.05, 0.1) is 17.1 Å². The van der Waals surface area contributed by atoms with E-state index in [2.05, 4.69) is 26.1 Å². The lowest BCUT2D eigenvalue weighted by Gasteiger charge is -2.19. The second kappa shape index (κ2) is 8.96. The zero-order valence-electron chi connectivity index (χ0n) is 18.5. The molecule has 7 heteroatoms. The van der Waals surface area contributed by atoms with Crippen LogP contribution in [-0.2, 0) is 10.2 Å². The van der Waals surface area contributed by atoms with Crippen LogP contribution in [0.4, 0.5) is 5.69 Å². The number of anilines is 1. The van der Waals surface area contributed by atoms with Crippen LogP contribution in [0.3, 0.4) is 0 Å². The molecule has 1 amide bonds. The van der Waals surface area contributed by atoms with Crippen LogP contribution in [0.5, 0.6) is 0 Å². The molecule has 1 N–H and O–H groups in total. The molecule has 2 heterocycles. The van der Waals surface area contributed by atoms with Crippen LogP contribution in [0.15, 0.2) is 65.7 Å². The van der Waals surface area contributed by atoms with E-state index in [4.69, 9.17) is 21.7 Å². The Balaban J connectivity index is 1.72. The minimum Gasteiger partial charge on any atom is -0.325 e. The summed E-state index contributed by atoms with van der Waals surface area (Å²) in [5.41, 5.74) is 5.23. The Morgan fingerprint density at radius 2 is 1.78 bits per heavy atom. The predicted octanol–water partition coefficient (Wildman–Crippen LogP) is 6.39. The summed E-state index contributed by atoms with van der Waals surface area (Å²) in [5, 5.41) is 9.27. The number of halogens is 1. The monoisotopic (exact) mass is 464 g/mol. The van der Waals surface area contributed by atoms with E-state index in [1.807, 2.05) is 72.1 Å². The number of thioether (sulfide) groups is 1. The van der Waals surface area contributed by atoms with Gasteiger partial charge in [-0.3, -0.25) is 4.79 Å². The number of para-hydroxylation sites is 1. The van der Waals surface area contributed by atoms with Crippen molar-refractivity contribution in [1.29, 1.82) is 0 Å². The van der Waals surface area contributed by atoms with Gasteiger partial charge in [0, 0.05) is 21.7 Å². The molecule has 0 aliphatic heterocycles. The van der Waals surface area contributed by atoms with Gasteiger partial charge >= 0.3 is 0 Å². The summed E-state index contributed by atoms with van der Waals surface area (Å²) in [6.45, 7) is 8.38. The molecule has 0 aliphatic carbocycles. The molecular formula is C25H25ClN4OS. The van der Waals surface area contributed by atoms with Crippen molar-refractivity contribution in [2.45, 2.75) is 38.1 Å². The minimum atomic E-state index is -0.154. The number of aromatic nitrogens is 3. The summed E-state index contributed by atoms with van der Waals surface area (Å²) in [6.07, 6.45) is 0. The van der Waals surface area contributed by atoms with Gasteiger partial charge in [-0.2, -0.15) is 5.10 Å². The summed E-state index contributed by atoms with van der Waals surface area (Å²) in [7, 11) is 0. The molecule has 0 bridgehead atoms. The maximum atomic E-state index is 12.5. The Labute approximate surface area is 197 Å². The number of hydrogen-bond donors (Lipinski definition) is 1. The quantitative estimate of drug-likeness (QED) is 0.274. The van der Waals surface area contributed by atoms with Crippen LogP contribution in [0.1, 0.15) is 32.2 Å². The maximum Gasteiger partial charge on any atom is 0.234 e. The van der Waals surface area contributed by atoms with E-state index < -0.39 is 0 Å². The molecule has 164 valence electrons. The topological polar surface area (TPSA) is 59.3 Å². The number of nitrogens with one attached hydrogen (secondary N) is 1. The van der Waals surface area contributed by atoms with Gasteiger partial charge in [0.25, 0.3) is 0 Å². The zero-order valence-corrected chi connectivity index (χ0v) is 20.1. The van der Waals surface area contributed by atoms with Crippen LogP contribution in [0, 0.1) is 6.92 Å². The first kappa shape index (κ1) is 22.4. The highest BCUT2D eigenvalue weighted by atomic mass is 35.5. The van der Waals surface area contributed by atoms with Crippen molar-refractivity contribution in [3.8, 4) is 11.1 Å². The lowest BCUT2D eigenvalue weighted by molar-refractivity contribution is -0.113. The average molecular weight is 465 g/mol. The molecule has 0 fully saturated rings. The van der Waals surface area contributed by atoms with Gasteiger partial charge in [0.1, 0.15) is 5.03 Å². The Morgan fingerprint density at radius 1 is 1.09 bits per heavy atom. The molecule has 0 atom stereocenters. The van der Waals surface area contributed by atoms with Gasteiger partial charge in [0.15, 0.2) is 5.65 Å². The average Bonchev–Trinajstić information content (AvgIpc) is 3.08. The Kier molecular flexibility index (Phi) is 6.26. The van der Waals surface area contributed by atoms with Crippen LogP contribution < -0.4 is 5.32 Å². The first-order chi connectivity index (χ1) is 15.2. The van der Waals surface area contributed by atoms with E-state index in [0.717, 1.165) is 38.9 Å². The molecule has 4 rings (SSSR count). The van der Waals surface area contributed by atoms with Crippen LogP contribution >= 0.6 is 23.4 Å². The van der Waals surface area contributed by atoms with Crippen LogP contribution in [0.25, 0.3) is 16.8 Å². The first-order valence-electron chi connectivity index (χ1n) is 10.4. The summed E-state index contributed by atoms with van der Waals surface area (Å²) in [6, 6.07) is 19.2. The fraction of sp³-hybridized carbons (Fsp3) is 0.240. The van der Waals surface area contributed by atoms with Gasteiger partial charge < -0.3 is 5.32 Å². The molecule has 0 radical (unpaired) electrons. The van der Waals surface area contributed by atoms with Crippen molar-refractivity contribution in [2.24, 2.45) is 0 Å². The van der Waals surface area contributed by atoms with Crippen LogP contribution in [0.2, 0.25) is 5.02 Å². The molecular weight excluding hydrogens is 440 g/mol. The number of rotatable bonds is 5. The highest BCUT2D eigenvalue weighted by Crippen LogP contribution is 2.33. The lowest BCUT2D eigenvalue weighted by atomic mass is 9.92. The molecule has 0 spiro atoms. The number of amides is 1. The molecule has 5 nitrogen and oxygen atoms in total. The molecule has 32 heavy (non-hydrogen) atoms. The predicted molar refractivity (Wildman–Crippen MR) is 133 cm³/mol. The number of hydrogen-bond acceptors (Lipinski definition) is 4. The number of fused-ring (bicyclic) bond motifs is 1. The second-order valence-corrected chi connectivity index (χ2v) is 10.1. The third kappa shape index (κ3) is 4.81. The maximum absolute atomic E-state index is 12.5. The minimum absolute atomic E-state index is 0.0646. The number of aryl methyl sites for hydroxylation is 1. The summed E-state index contributed by atoms with van der Waals surface area (Å²) >= 11 is 7.55. The number of carbonyl (C=O) groups excluding carboxylic acids is 1. The summed E-state index contributed by atoms with van der Waals surface area (Å²) < 4.78 is 1.84. The Hall–Kier alpha value is -2.83. The number of benzene rings is 2. The van der Waals surface area contributed by atoms with E-state index in [-0.39, 0.29) is 17.1 Å². The van der Waals surface area contributed by atoms with E-state index >= 15 is 0 Å². The Bertz CT molecular complexity index is 1260. The van der Waals surface area contributed by atoms with E-state index in [0.29, 0.717) is 5.02 Å². The lowest BCUT2D eigenvalue weighted by Crippen LogP contribution is -2.17. The smallest absolute Gasteiger partial charge is 0.234 e.